The summed E-state index contributed by atoms with van der Waals surface area (Å²) in [5, 5.41) is 9.56. The largest absolute Gasteiger partial charge is 0.470 e. The van der Waals surface area contributed by atoms with Crippen LogP contribution in [0.25, 0.3) is 0 Å². The van der Waals surface area contributed by atoms with Crippen molar-refractivity contribution < 1.29 is 33.5 Å². The fourth-order valence-electron chi connectivity index (χ4n) is 2.81. The second-order valence-corrected chi connectivity index (χ2v) is 6.69. The predicted molar refractivity (Wildman–Crippen MR) is 72.7 cm³/mol. The predicted octanol–water partition coefficient (Wildman–Crippen LogP) is -2.02. The van der Waals surface area contributed by atoms with Gasteiger partial charge in [0.25, 0.3) is 5.56 Å². The van der Waals surface area contributed by atoms with Crippen molar-refractivity contribution in [2.75, 3.05) is 13.2 Å². The first-order chi connectivity index (χ1) is 10.7. The summed E-state index contributed by atoms with van der Waals surface area (Å²) in [4.78, 5) is 43.5. The highest BCUT2D eigenvalue weighted by Gasteiger charge is 2.64. The summed E-state index contributed by atoms with van der Waals surface area (Å²) in [6.07, 6.45) is -2.15. The summed E-state index contributed by atoms with van der Waals surface area (Å²) in [5.41, 5.74) is -2.60. The second-order valence-electron chi connectivity index (χ2n) is 5.50. The lowest BCUT2D eigenvalue weighted by molar-refractivity contribution is -0.187. The average molecular weight is 350 g/mol. The molecular formula is C11H15N2O9P. The van der Waals surface area contributed by atoms with E-state index in [2.05, 4.69) is 4.98 Å². The highest BCUT2D eigenvalue weighted by atomic mass is 31.2. The van der Waals surface area contributed by atoms with Crippen molar-refractivity contribution in [1.29, 1.82) is 0 Å². The molecule has 2 saturated heterocycles. The minimum absolute atomic E-state index is 0.146. The Morgan fingerprint density at radius 1 is 1.52 bits per heavy atom. The average Bonchev–Trinajstić information content (AvgIpc) is 2.93. The van der Waals surface area contributed by atoms with Gasteiger partial charge in [0, 0.05) is 11.8 Å². The van der Waals surface area contributed by atoms with Gasteiger partial charge in [0.05, 0.1) is 13.2 Å². The van der Waals surface area contributed by atoms with Gasteiger partial charge in [-0.05, 0) is 6.92 Å². The highest BCUT2D eigenvalue weighted by molar-refractivity contribution is 7.46. The lowest BCUT2D eigenvalue weighted by atomic mass is 10.0. The third kappa shape index (κ3) is 2.70. The monoisotopic (exact) mass is 350 g/mol. The number of rotatable bonds is 4. The summed E-state index contributed by atoms with van der Waals surface area (Å²) < 4.78 is 27.9. The number of ether oxygens (including phenoxy) is 2. The SMILES string of the molecule is Cc1cn([C@@H]2O[C@]3(CO)CO[C@H]2[C@@H]3OP(=O)(O)O)c(=O)[nH]c1=O. The summed E-state index contributed by atoms with van der Waals surface area (Å²) in [6.45, 7) is 0.711. The lowest BCUT2D eigenvalue weighted by Crippen LogP contribution is -2.45. The fraction of sp³-hybridized carbons (Fsp3) is 0.636. The number of nitrogens with zero attached hydrogens (tertiary/aromatic N) is 1. The molecule has 11 nitrogen and oxygen atoms in total. The molecular weight excluding hydrogens is 335 g/mol. The maximum atomic E-state index is 12.0. The summed E-state index contributed by atoms with van der Waals surface area (Å²) in [5.74, 6) is 0. The van der Waals surface area contributed by atoms with Crippen molar-refractivity contribution in [3.05, 3.63) is 32.6 Å². The maximum absolute atomic E-state index is 12.0. The number of aliphatic hydroxyl groups excluding tert-OH is 1. The molecule has 0 amide bonds. The van der Waals surface area contributed by atoms with Gasteiger partial charge in [0.1, 0.15) is 17.8 Å². The molecule has 2 aliphatic heterocycles. The van der Waals surface area contributed by atoms with Gasteiger partial charge in [0.2, 0.25) is 0 Å². The van der Waals surface area contributed by atoms with Gasteiger partial charge in [-0.1, -0.05) is 0 Å². The zero-order valence-electron chi connectivity index (χ0n) is 11.9. The molecule has 0 unspecified atom stereocenters. The molecule has 1 aromatic rings. The molecule has 4 N–H and O–H groups in total. The van der Waals surface area contributed by atoms with Crippen LogP contribution in [0.2, 0.25) is 0 Å². The number of aromatic amines is 1. The van der Waals surface area contributed by atoms with Gasteiger partial charge in [-0.15, -0.1) is 0 Å². The molecule has 23 heavy (non-hydrogen) atoms. The number of H-pyrrole nitrogens is 1. The van der Waals surface area contributed by atoms with Crippen LogP contribution in [-0.4, -0.2) is 55.5 Å². The molecule has 2 fully saturated rings. The number of aromatic nitrogens is 2. The number of aliphatic hydroxyl groups is 1. The Balaban J connectivity index is 2.02. The van der Waals surface area contributed by atoms with E-state index in [1.165, 1.54) is 13.1 Å². The van der Waals surface area contributed by atoms with E-state index >= 15 is 0 Å². The van der Waals surface area contributed by atoms with E-state index in [9.17, 15) is 19.3 Å². The highest BCUT2D eigenvalue weighted by Crippen LogP contribution is 2.51. The third-order valence-electron chi connectivity index (χ3n) is 3.91. The Morgan fingerprint density at radius 3 is 2.83 bits per heavy atom. The van der Waals surface area contributed by atoms with E-state index in [1.54, 1.807) is 0 Å². The van der Waals surface area contributed by atoms with Crippen LogP contribution in [0, 0.1) is 6.92 Å². The molecule has 3 rings (SSSR count). The van der Waals surface area contributed by atoms with Crippen molar-refractivity contribution >= 4 is 7.82 Å². The van der Waals surface area contributed by atoms with Crippen molar-refractivity contribution in [2.24, 2.45) is 0 Å². The van der Waals surface area contributed by atoms with E-state index < -0.39 is 49.7 Å². The second kappa shape index (κ2) is 5.35. The van der Waals surface area contributed by atoms with Crippen molar-refractivity contribution in [3.8, 4) is 0 Å². The van der Waals surface area contributed by atoms with Crippen LogP contribution in [0.1, 0.15) is 11.8 Å². The zero-order chi connectivity index (χ0) is 17.0. The molecule has 128 valence electrons. The van der Waals surface area contributed by atoms with E-state index in [1.807, 2.05) is 0 Å². The molecule has 0 spiro atoms. The number of phosphoric ester groups is 1. The molecule has 0 aliphatic carbocycles. The zero-order valence-corrected chi connectivity index (χ0v) is 12.8. The summed E-state index contributed by atoms with van der Waals surface area (Å²) in [6, 6.07) is 0. The third-order valence-corrected chi connectivity index (χ3v) is 4.41. The van der Waals surface area contributed by atoms with E-state index in [0.717, 1.165) is 4.57 Å². The van der Waals surface area contributed by atoms with Gasteiger partial charge < -0.3 is 24.4 Å². The normalized spacial score (nSPS) is 33.3. The fourth-order valence-corrected chi connectivity index (χ4v) is 3.42. The van der Waals surface area contributed by atoms with Crippen LogP contribution in [0.15, 0.2) is 15.8 Å². The Bertz CT molecular complexity index is 782. The molecule has 0 aromatic carbocycles. The van der Waals surface area contributed by atoms with Crippen molar-refractivity contribution in [3.63, 3.8) is 0 Å². The molecule has 3 heterocycles. The van der Waals surface area contributed by atoms with Gasteiger partial charge in [-0.2, -0.15) is 0 Å². The van der Waals surface area contributed by atoms with Crippen molar-refractivity contribution in [1.82, 2.24) is 9.55 Å². The Morgan fingerprint density at radius 2 is 2.22 bits per heavy atom. The van der Waals surface area contributed by atoms with Crippen LogP contribution in [-0.2, 0) is 18.6 Å². The first-order valence-electron chi connectivity index (χ1n) is 6.63. The van der Waals surface area contributed by atoms with Crippen molar-refractivity contribution in [2.45, 2.75) is 31.0 Å². The Labute approximate surface area is 128 Å². The first kappa shape index (κ1) is 16.5. The maximum Gasteiger partial charge on any atom is 0.470 e. The standard InChI is InChI=1S/C11H15N2O9P/c1-5-2-13(10(16)12-8(5)15)9-6-7(22-23(17,18)19)11(3-14,21-9)4-20-6/h2,6-7,9,14H,3-4H2,1H3,(H,12,15,16)(H2,17,18,19)/t6-,7-,9+,11+/m0/s1. The minimum atomic E-state index is -4.87. The minimum Gasteiger partial charge on any atom is -0.393 e. The van der Waals surface area contributed by atoms with Gasteiger partial charge in [-0.25, -0.2) is 9.36 Å². The van der Waals surface area contributed by atoms with E-state index in [-0.39, 0.29) is 12.2 Å². The Hall–Kier alpha value is -1.33. The molecule has 0 saturated carbocycles. The first-order valence-corrected chi connectivity index (χ1v) is 8.16. The number of phosphoric acid groups is 1. The number of hydrogen-bond donors (Lipinski definition) is 4. The molecule has 4 atom stereocenters. The van der Waals surface area contributed by atoms with Gasteiger partial charge in [0.15, 0.2) is 6.23 Å². The van der Waals surface area contributed by atoms with Crippen LogP contribution >= 0.6 is 7.82 Å². The smallest absolute Gasteiger partial charge is 0.393 e. The molecule has 2 bridgehead atoms. The number of aryl methyl sites for hydroxylation is 1. The molecule has 1 aromatic heterocycles. The van der Waals surface area contributed by atoms with Crippen LogP contribution in [0.3, 0.4) is 0 Å². The van der Waals surface area contributed by atoms with E-state index in [0.29, 0.717) is 0 Å². The number of hydrogen-bond acceptors (Lipinski definition) is 7. The molecule has 0 radical (unpaired) electrons. The molecule has 12 heteroatoms. The van der Waals surface area contributed by atoms with Crippen LogP contribution in [0.4, 0.5) is 0 Å². The van der Waals surface area contributed by atoms with Gasteiger partial charge in [-0.3, -0.25) is 18.9 Å². The number of fused-ring (bicyclic) bond motifs is 2. The lowest BCUT2D eigenvalue weighted by Gasteiger charge is -2.29. The molecule has 2 aliphatic rings. The number of nitrogens with one attached hydrogen (secondary N) is 1. The van der Waals surface area contributed by atoms with Gasteiger partial charge >= 0.3 is 13.5 Å². The quantitative estimate of drug-likeness (QED) is 0.449. The van der Waals surface area contributed by atoms with Crippen LogP contribution < -0.4 is 11.2 Å². The van der Waals surface area contributed by atoms with E-state index in [4.69, 9.17) is 23.8 Å². The van der Waals surface area contributed by atoms with Crippen LogP contribution in [0.5, 0.6) is 0 Å². The summed E-state index contributed by atoms with van der Waals surface area (Å²) in [7, 11) is -4.87. The topological polar surface area (TPSA) is 160 Å². The Kier molecular flexibility index (Phi) is 3.84. The summed E-state index contributed by atoms with van der Waals surface area (Å²) >= 11 is 0.